The molecule has 1 aromatic rings. The van der Waals surface area contributed by atoms with Gasteiger partial charge in [0.2, 0.25) is 11.8 Å². The molecule has 1 aromatic carbocycles. The Balaban J connectivity index is 1.16. The summed E-state index contributed by atoms with van der Waals surface area (Å²) in [6.45, 7) is 5.73. The highest BCUT2D eigenvalue weighted by Gasteiger charge is 2.94. The lowest BCUT2D eigenvalue weighted by Gasteiger charge is -2.70. The fourth-order valence-corrected chi connectivity index (χ4v) is 13.9. The van der Waals surface area contributed by atoms with E-state index in [1.165, 1.54) is 0 Å². The van der Waals surface area contributed by atoms with E-state index in [-0.39, 0.29) is 97.0 Å². The lowest BCUT2D eigenvalue weighted by molar-refractivity contribution is -0.286. The number of anilines is 1. The lowest BCUT2D eigenvalue weighted by Crippen LogP contribution is -2.81. The molecule has 0 aromatic heterocycles. The van der Waals surface area contributed by atoms with Gasteiger partial charge in [0.1, 0.15) is 18.0 Å². The molecular formula is C38H50N2O10. The summed E-state index contributed by atoms with van der Waals surface area (Å²) < 4.78 is 46.5. The monoisotopic (exact) mass is 694 g/mol. The second-order valence-electron chi connectivity index (χ2n) is 16.3. The van der Waals surface area contributed by atoms with Crippen molar-refractivity contribution in [1.82, 2.24) is 4.90 Å². The third-order valence-corrected chi connectivity index (χ3v) is 15.1. The zero-order chi connectivity index (χ0) is 35.0. The number of piperidine rings is 1. The van der Waals surface area contributed by atoms with Crippen LogP contribution < -0.4 is 4.90 Å². The number of nitrogens with zero attached hydrogens (tertiary/aromatic N) is 2. The van der Waals surface area contributed by atoms with Crippen molar-refractivity contribution in [2.24, 2.45) is 40.4 Å². The molecule has 8 fully saturated rings. The molecule has 12 nitrogen and oxygen atoms in total. The topological polar surface area (TPSA) is 122 Å². The minimum absolute atomic E-state index is 0.0457. The van der Waals surface area contributed by atoms with Crippen LogP contribution in [0.5, 0.6) is 0 Å². The minimum Gasteiger partial charge on any atom is -0.461 e. The van der Waals surface area contributed by atoms with Crippen molar-refractivity contribution in [3.05, 3.63) is 29.8 Å². The van der Waals surface area contributed by atoms with Crippen molar-refractivity contribution < 1.29 is 47.5 Å². The molecule has 0 N–H and O–H groups in total. The first-order valence-electron chi connectivity index (χ1n) is 18.4. The number of imide groups is 1. The number of fused-ring (bicyclic) bond motifs is 1. The Morgan fingerprint density at radius 3 is 2.52 bits per heavy atom. The molecule has 0 radical (unpaired) electrons. The molecule has 2 amide bonds. The van der Waals surface area contributed by atoms with Crippen molar-refractivity contribution in [3.63, 3.8) is 0 Å². The van der Waals surface area contributed by atoms with Gasteiger partial charge in [-0.2, -0.15) is 0 Å². The van der Waals surface area contributed by atoms with Gasteiger partial charge in [-0.05, 0) is 43.9 Å². The molecule has 3 heterocycles. The molecule has 3 spiro atoms. The molecule has 3 aliphatic heterocycles. The van der Waals surface area contributed by atoms with Crippen LogP contribution in [0, 0.1) is 40.4 Å². The number of likely N-dealkylation sites (tertiary alicyclic amines) is 1. The van der Waals surface area contributed by atoms with Crippen molar-refractivity contribution >= 4 is 23.5 Å². The summed E-state index contributed by atoms with van der Waals surface area (Å²) in [6.07, 6.45) is 2.77. The Morgan fingerprint density at radius 2 is 1.84 bits per heavy atom. The molecule has 272 valence electrons. The number of likely N-dealkylation sites (N-methyl/N-ethyl adjacent to an activating group) is 1. The molecule has 5 aliphatic carbocycles. The van der Waals surface area contributed by atoms with Crippen LogP contribution in [0.15, 0.2) is 24.3 Å². The Bertz CT molecular complexity index is 1610. The normalized spacial score (nSPS) is 48.3. The highest BCUT2D eigenvalue weighted by molar-refractivity contribution is 6.22. The summed E-state index contributed by atoms with van der Waals surface area (Å²) in [6, 6.07) is 6.72. The third kappa shape index (κ3) is 3.64. The van der Waals surface area contributed by atoms with Crippen molar-refractivity contribution in [2.45, 2.75) is 87.6 Å². The van der Waals surface area contributed by atoms with Gasteiger partial charge in [0.25, 0.3) is 0 Å². The number of rotatable bonds is 9. The lowest BCUT2D eigenvalue weighted by atomic mass is 9.42. The summed E-state index contributed by atoms with van der Waals surface area (Å²) in [7, 11) is 7.24. The standard InChI is InChI=1S/C38H50N2O10/c1-7-39-17-35(18-48-33(43)21-10-8-9-11-24(21)40-27(41)14-20(2)32(40)42)13-12-26(45-4)37-23-15-22-25(44-3)16-36(28(23)29(22)46-5)38(34(37)39,50-19-49-36)31(47-6)30(35)37/h8-11,20,22-23,25-26,28-31,34H,7,12-19H2,1-6H3/t20?,22-,23-,25+,26+,28-,29+,30-,31+,34+,35+,36-,37+,38-/m1/s1. The Hall–Kier alpha value is -2.45. The Labute approximate surface area is 293 Å². The summed E-state index contributed by atoms with van der Waals surface area (Å²) >= 11 is 0. The SMILES string of the molecule is CCN1C[C@]2(COC(=O)c3ccccc3N3C(=O)CC(C)C3=O)CC[C@H](OC)[C@@]34[C@@H]5C[C@H]6[C@H](OC)[C@@H]5[C@@]5(C[C@@H]6OC)OCO[C@]5([C@@H](OC)[C@H]23)[C@@H]14. The molecule has 7 bridgehead atoms. The third-order valence-electron chi connectivity index (χ3n) is 15.1. The number of hydrogen-bond donors (Lipinski definition) is 0. The largest absolute Gasteiger partial charge is 0.461 e. The van der Waals surface area contributed by atoms with E-state index in [0.717, 1.165) is 30.7 Å². The number of amides is 2. The van der Waals surface area contributed by atoms with Gasteiger partial charge in [0, 0.05) is 82.3 Å². The van der Waals surface area contributed by atoms with Gasteiger partial charge in [-0.1, -0.05) is 26.0 Å². The zero-order valence-electron chi connectivity index (χ0n) is 29.9. The maximum atomic E-state index is 14.2. The van der Waals surface area contributed by atoms with Crippen molar-refractivity contribution in [3.8, 4) is 0 Å². The number of methoxy groups -OCH3 is 4. The molecule has 14 atom stereocenters. The zero-order valence-corrected chi connectivity index (χ0v) is 29.9. The highest BCUT2D eigenvalue weighted by atomic mass is 16.7. The van der Waals surface area contributed by atoms with E-state index in [1.807, 2.05) is 14.2 Å². The first-order valence-corrected chi connectivity index (χ1v) is 18.4. The second-order valence-corrected chi connectivity index (χ2v) is 16.3. The number of para-hydroxylation sites is 1. The smallest absolute Gasteiger partial charge is 0.340 e. The van der Waals surface area contributed by atoms with Gasteiger partial charge in [-0.3, -0.25) is 14.5 Å². The molecule has 3 saturated heterocycles. The average Bonchev–Trinajstić information content (AvgIpc) is 3.78. The van der Waals surface area contributed by atoms with E-state index in [1.54, 1.807) is 45.4 Å². The fraction of sp³-hybridized carbons (Fsp3) is 0.763. The van der Waals surface area contributed by atoms with Gasteiger partial charge in [0.05, 0.1) is 48.3 Å². The van der Waals surface area contributed by atoms with Crippen molar-refractivity contribution in [2.75, 3.05) is 59.8 Å². The van der Waals surface area contributed by atoms with Gasteiger partial charge < -0.3 is 33.2 Å². The van der Waals surface area contributed by atoms with E-state index >= 15 is 0 Å². The summed E-state index contributed by atoms with van der Waals surface area (Å²) in [5.74, 6) is -1.22. The number of carbonyl (C=O) groups is 3. The molecule has 50 heavy (non-hydrogen) atoms. The van der Waals surface area contributed by atoms with Gasteiger partial charge in [0.15, 0.2) is 0 Å². The summed E-state index contributed by atoms with van der Waals surface area (Å²) in [5, 5.41) is 0. The minimum atomic E-state index is -0.820. The predicted molar refractivity (Wildman–Crippen MR) is 177 cm³/mol. The first kappa shape index (κ1) is 33.4. The van der Waals surface area contributed by atoms with Crippen LogP contribution in [0.4, 0.5) is 5.69 Å². The number of hydrogen-bond acceptors (Lipinski definition) is 11. The number of carbonyl (C=O) groups excluding carboxylic acids is 3. The summed E-state index contributed by atoms with van der Waals surface area (Å²) in [5.41, 5.74) is -1.91. The van der Waals surface area contributed by atoms with E-state index in [4.69, 9.17) is 33.2 Å². The second kappa shape index (κ2) is 11.3. The first-order chi connectivity index (χ1) is 24.1. The maximum absolute atomic E-state index is 14.2. The fourth-order valence-electron chi connectivity index (χ4n) is 13.9. The maximum Gasteiger partial charge on any atom is 0.340 e. The Kier molecular flexibility index (Phi) is 7.53. The quantitative estimate of drug-likeness (QED) is 0.280. The van der Waals surface area contributed by atoms with Crippen LogP contribution in [0.2, 0.25) is 0 Å². The molecule has 1 unspecified atom stereocenters. The molecule has 9 rings (SSSR count). The van der Waals surface area contributed by atoms with Crippen LogP contribution in [0.3, 0.4) is 0 Å². The molecule has 8 aliphatic rings. The van der Waals surface area contributed by atoms with Crippen molar-refractivity contribution in [1.29, 1.82) is 0 Å². The number of benzene rings is 1. The van der Waals surface area contributed by atoms with Gasteiger partial charge in [-0.15, -0.1) is 0 Å². The van der Waals surface area contributed by atoms with Crippen LogP contribution in [-0.4, -0.2) is 119 Å². The molecule has 12 heteroatoms. The van der Waals surface area contributed by atoms with E-state index < -0.39 is 33.9 Å². The van der Waals surface area contributed by atoms with E-state index in [9.17, 15) is 14.4 Å². The Morgan fingerprint density at radius 1 is 1.04 bits per heavy atom. The van der Waals surface area contributed by atoms with Gasteiger partial charge in [-0.25, -0.2) is 9.69 Å². The van der Waals surface area contributed by atoms with Crippen LogP contribution >= 0.6 is 0 Å². The summed E-state index contributed by atoms with van der Waals surface area (Å²) in [4.78, 5) is 43.8. The predicted octanol–water partition coefficient (Wildman–Crippen LogP) is 3.05. The van der Waals surface area contributed by atoms with Crippen LogP contribution in [-0.2, 0) is 42.7 Å². The number of ether oxygens (including phenoxy) is 7. The highest BCUT2D eigenvalue weighted by Crippen LogP contribution is 2.82. The van der Waals surface area contributed by atoms with E-state index in [0.29, 0.717) is 13.0 Å². The molecule has 5 saturated carbocycles. The van der Waals surface area contributed by atoms with Gasteiger partial charge >= 0.3 is 5.97 Å². The molecular weight excluding hydrogens is 644 g/mol. The average molecular weight is 695 g/mol. The van der Waals surface area contributed by atoms with E-state index in [2.05, 4.69) is 11.8 Å². The van der Waals surface area contributed by atoms with Crippen LogP contribution in [0.1, 0.15) is 56.3 Å². The number of esters is 1. The van der Waals surface area contributed by atoms with Crippen LogP contribution in [0.25, 0.3) is 0 Å².